The lowest BCUT2D eigenvalue weighted by molar-refractivity contribution is -0.132. The number of ether oxygens (including phenoxy) is 1. The predicted molar refractivity (Wildman–Crippen MR) is 188 cm³/mol. The largest absolute Gasteiger partial charge is 0.508 e. The van der Waals surface area contributed by atoms with E-state index < -0.39 is 17.7 Å². The third-order valence-corrected chi connectivity index (χ3v) is 10.2. The van der Waals surface area contributed by atoms with Crippen molar-refractivity contribution in [3.05, 3.63) is 149 Å². The molecule has 1 unspecified atom stereocenters. The number of ketones is 1. The minimum Gasteiger partial charge on any atom is -0.508 e. The van der Waals surface area contributed by atoms with Gasteiger partial charge in [-0.05, 0) is 70.8 Å². The third kappa shape index (κ3) is 6.27. The summed E-state index contributed by atoms with van der Waals surface area (Å²) in [7, 11) is 0. The molecule has 0 bridgehead atoms. The summed E-state index contributed by atoms with van der Waals surface area (Å²) in [6.45, 7) is 2.39. The number of aliphatic hydroxyl groups is 1. The summed E-state index contributed by atoms with van der Waals surface area (Å²) in [4.78, 5) is 28.5. The second kappa shape index (κ2) is 13.3. The Morgan fingerprint density at radius 2 is 1.67 bits per heavy atom. The number of phenolic OH excluding ortho intramolecular Hbond substituents is 1. The van der Waals surface area contributed by atoms with Gasteiger partial charge in [0.2, 0.25) is 5.13 Å². The molecule has 7 rings (SSSR count). The monoisotopic (exact) mass is 671 g/mol. The molecular weight excluding hydrogens is 643 g/mol. The minimum atomic E-state index is -1.04. The quantitative estimate of drug-likeness (QED) is 0.0520. The molecule has 1 atom stereocenters. The Morgan fingerprint density at radius 1 is 0.896 bits per heavy atom. The highest BCUT2D eigenvalue weighted by Gasteiger charge is 2.48. The Kier molecular flexibility index (Phi) is 8.66. The van der Waals surface area contributed by atoms with Gasteiger partial charge in [-0.3, -0.25) is 14.5 Å². The molecule has 8 nitrogen and oxygen atoms in total. The highest BCUT2D eigenvalue weighted by Crippen LogP contribution is 2.44. The molecule has 0 saturated carbocycles. The maximum atomic E-state index is 13.6. The number of aromatic hydroxyl groups is 1. The van der Waals surface area contributed by atoms with Crippen molar-refractivity contribution in [3.63, 3.8) is 0 Å². The second-order valence-electron chi connectivity index (χ2n) is 11.3. The number of aryl methyl sites for hydroxylation is 1. The Hall–Kier alpha value is -5.45. The molecule has 0 aliphatic carbocycles. The van der Waals surface area contributed by atoms with Crippen molar-refractivity contribution in [1.29, 1.82) is 0 Å². The fourth-order valence-corrected chi connectivity index (χ4v) is 7.66. The number of aromatic nitrogens is 2. The molecule has 0 spiro atoms. The standard InChI is InChI=1S/C38H29N3O5S2/c1-23-7-4-8-24(19-23)21-46-30-17-15-26(16-18-30)34(43)32-33(27-11-6-13-29(42)20-27)41(36(45)35(32)44)37-39-40-38(48-37)47-22-28-12-5-10-25-9-2-3-14-31(25)28/h2-20,33,42-43H,21-22H2,1H3/b34-32+. The van der Waals surface area contributed by atoms with Crippen molar-refractivity contribution in [1.82, 2.24) is 10.2 Å². The number of carbonyl (C=O) groups excluding carboxylic acids is 2. The zero-order valence-electron chi connectivity index (χ0n) is 25.7. The van der Waals surface area contributed by atoms with Crippen molar-refractivity contribution < 1.29 is 24.5 Å². The maximum absolute atomic E-state index is 13.6. The van der Waals surface area contributed by atoms with Crippen LogP contribution in [0.4, 0.5) is 5.13 Å². The number of hydrogen-bond donors (Lipinski definition) is 2. The number of carbonyl (C=O) groups is 2. The average Bonchev–Trinajstić information content (AvgIpc) is 3.67. The van der Waals surface area contributed by atoms with Gasteiger partial charge in [-0.15, -0.1) is 10.2 Å². The van der Waals surface area contributed by atoms with Gasteiger partial charge in [-0.25, -0.2) is 0 Å². The number of hydrogen-bond acceptors (Lipinski definition) is 9. The number of aliphatic hydroxyl groups excluding tert-OH is 1. The van der Waals surface area contributed by atoms with Gasteiger partial charge in [-0.2, -0.15) is 0 Å². The number of anilines is 1. The van der Waals surface area contributed by atoms with Crippen LogP contribution >= 0.6 is 23.1 Å². The number of Topliss-reactive ketones (excluding diaryl/α,β-unsaturated/α-hetero) is 1. The summed E-state index contributed by atoms with van der Waals surface area (Å²) in [5, 5.41) is 33.0. The van der Waals surface area contributed by atoms with E-state index in [0.717, 1.165) is 27.5 Å². The first-order valence-electron chi connectivity index (χ1n) is 15.2. The normalized spacial score (nSPS) is 15.7. The van der Waals surface area contributed by atoms with Crippen LogP contribution in [-0.4, -0.2) is 32.1 Å². The van der Waals surface area contributed by atoms with Gasteiger partial charge in [-0.1, -0.05) is 108 Å². The second-order valence-corrected chi connectivity index (χ2v) is 13.5. The Labute approximate surface area is 285 Å². The van der Waals surface area contributed by atoms with E-state index in [2.05, 4.69) is 34.5 Å². The Bertz CT molecular complexity index is 2190. The van der Waals surface area contributed by atoms with E-state index in [1.165, 1.54) is 40.1 Å². The lowest BCUT2D eigenvalue weighted by Crippen LogP contribution is -2.29. The SMILES string of the molecule is Cc1cccc(COc2ccc(/C(O)=C3\C(=O)C(=O)N(c4nnc(SCc5cccc6ccccc56)s4)C3c3cccc(O)c3)cc2)c1. The van der Waals surface area contributed by atoms with Crippen molar-refractivity contribution in [2.24, 2.45) is 0 Å². The summed E-state index contributed by atoms with van der Waals surface area (Å²) in [6.07, 6.45) is 0. The highest BCUT2D eigenvalue weighted by atomic mass is 32.2. The molecule has 2 heterocycles. The molecule has 0 radical (unpaired) electrons. The van der Waals surface area contributed by atoms with Crippen molar-refractivity contribution in [2.75, 3.05) is 4.90 Å². The summed E-state index contributed by atoms with van der Waals surface area (Å²) in [5.41, 5.74) is 3.97. The molecular formula is C38H29N3O5S2. The fourth-order valence-electron chi connectivity index (χ4n) is 5.79. The fraction of sp³-hybridized carbons (Fsp3) is 0.105. The van der Waals surface area contributed by atoms with Gasteiger partial charge in [0.15, 0.2) is 4.34 Å². The van der Waals surface area contributed by atoms with Crippen LogP contribution in [0, 0.1) is 6.92 Å². The van der Waals surface area contributed by atoms with E-state index in [9.17, 15) is 19.8 Å². The summed E-state index contributed by atoms with van der Waals surface area (Å²) in [5.74, 6) is -0.873. The number of phenols is 1. The number of fused-ring (bicyclic) bond motifs is 1. The Balaban J connectivity index is 1.18. The molecule has 10 heteroatoms. The van der Waals surface area contributed by atoms with Crippen molar-refractivity contribution >= 4 is 56.5 Å². The highest BCUT2D eigenvalue weighted by molar-refractivity contribution is 8.00. The van der Waals surface area contributed by atoms with Crippen LogP contribution in [0.25, 0.3) is 16.5 Å². The molecule has 5 aromatic carbocycles. The Morgan fingerprint density at radius 3 is 2.48 bits per heavy atom. The van der Waals surface area contributed by atoms with E-state index in [0.29, 0.717) is 33.6 Å². The molecule has 1 saturated heterocycles. The van der Waals surface area contributed by atoms with Gasteiger partial charge in [0.25, 0.3) is 5.78 Å². The first kappa shape index (κ1) is 31.2. The maximum Gasteiger partial charge on any atom is 0.301 e. The number of thioether (sulfide) groups is 1. The van der Waals surface area contributed by atoms with E-state index >= 15 is 0 Å². The van der Waals surface area contributed by atoms with Crippen LogP contribution in [0.5, 0.6) is 11.5 Å². The molecule has 2 N–H and O–H groups in total. The number of benzene rings is 5. The van der Waals surface area contributed by atoms with Crippen LogP contribution in [0.1, 0.15) is 33.9 Å². The molecule has 1 fully saturated rings. The van der Waals surface area contributed by atoms with Crippen LogP contribution in [-0.2, 0) is 21.9 Å². The van der Waals surface area contributed by atoms with Crippen molar-refractivity contribution in [2.45, 2.75) is 29.7 Å². The molecule has 6 aromatic rings. The molecule has 1 aliphatic heterocycles. The van der Waals surface area contributed by atoms with E-state index in [4.69, 9.17) is 4.74 Å². The van der Waals surface area contributed by atoms with Crippen LogP contribution in [0.15, 0.2) is 125 Å². The smallest absolute Gasteiger partial charge is 0.301 e. The minimum absolute atomic E-state index is 0.0446. The van der Waals surface area contributed by atoms with Gasteiger partial charge in [0.1, 0.15) is 23.9 Å². The van der Waals surface area contributed by atoms with E-state index in [1.54, 1.807) is 36.4 Å². The average molecular weight is 672 g/mol. The van der Waals surface area contributed by atoms with Crippen molar-refractivity contribution in [3.8, 4) is 11.5 Å². The molecule has 1 aromatic heterocycles. The van der Waals surface area contributed by atoms with E-state index in [-0.39, 0.29) is 22.2 Å². The summed E-state index contributed by atoms with van der Waals surface area (Å²) < 4.78 is 6.55. The first-order valence-corrected chi connectivity index (χ1v) is 17.0. The van der Waals surface area contributed by atoms with Crippen LogP contribution < -0.4 is 9.64 Å². The summed E-state index contributed by atoms with van der Waals surface area (Å²) >= 11 is 2.68. The number of nitrogens with zero attached hydrogens (tertiary/aromatic N) is 3. The molecule has 238 valence electrons. The van der Waals surface area contributed by atoms with E-state index in [1.807, 2.05) is 49.4 Å². The van der Waals surface area contributed by atoms with Crippen LogP contribution in [0.2, 0.25) is 0 Å². The molecule has 1 aliphatic rings. The number of amides is 1. The van der Waals surface area contributed by atoms with Crippen LogP contribution in [0.3, 0.4) is 0 Å². The lowest BCUT2D eigenvalue weighted by Gasteiger charge is -2.22. The first-order chi connectivity index (χ1) is 23.4. The van der Waals surface area contributed by atoms with Gasteiger partial charge in [0.05, 0.1) is 11.6 Å². The topological polar surface area (TPSA) is 113 Å². The lowest BCUT2D eigenvalue weighted by atomic mass is 9.95. The zero-order chi connectivity index (χ0) is 33.2. The zero-order valence-corrected chi connectivity index (χ0v) is 27.4. The third-order valence-electron chi connectivity index (χ3n) is 8.08. The van der Waals surface area contributed by atoms with Gasteiger partial charge in [0, 0.05) is 11.3 Å². The molecule has 48 heavy (non-hydrogen) atoms. The molecule has 1 amide bonds. The predicted octanol–water partition coefficient (Wildman–Crippen LogP) is 8.20. The van der Waals surface area contributed by atoms with Gasteiger partial charge < -0.3 is 14.9 Å². The number of rotatable bonds is 9. The summed E-state index contributed by atoms with van der Waals surface area (Å²) in [6, 6.07) is 34.3. The van der Waals surface area contributed by atoms with Gasteiger partial charge >= 0.3 is 5.91 Å².